The van der Waals surface area contributed by atoms with E-state index in [9.17, 15) is 59.3 Å². The normalized spacial score (nSPS) is 18.2. The second-order valence-corrected chi connectivity index (χ2v) is 12.9. The highest BCUT2D eigenvalue weighted by atomic mass is 19.4. The number of ether oxygens (including phenoxy) is 2. The number of fused-ring (bicyclic) bond motifs is 1. The topological polar surface area (TPSA) is 135 Å². The molecule has 0 fully saturated rings. The van der Waals surface area contributed by atoms with Gasteiger partial charge in [-0.05, 0) is 92.3 Å². The van der Waals surface area contributed by atoms with E-state index in [4.69, 9.17) is 15.2 Å². The van der Waals surface area contributed by atoms with Gasteiger partial charge in [-0.15, -0.1) is 0 Å². The quantitative estimate of drug-likeness (QED) is 0.179. The van der Waals surface area contributed by atoms with Gasteiger partial charge in [0.2, 0.25) is 0 Å². The molecule has 2 atom stereocenters. The van der Waals surface area contributed by atoms with Gasteiger partial charge in [-0.2, -0.15) is 39.5 Å². The Morgan fingerprint density at radius 2 is 1.54 bits per heavy atom. The number of nitrogens with zero attached hydrogens (tertiary/aromatic N) is 2. The second-order valence-electron chi connectivity index (χ2n) is 12.9. The summed E-state index contributed by atoms with van der Waals surface area (Å²) < 4.78 is 135. The first-order chi connectivity index (χ1) is 23.9. The highest BCUT2D eigenvalue weighted by Gasteiger charge is 2.48. The first-order valence-corrected chi connectivity index (χ1v) is 15.6. The van der Waals surface area contributed by atoms with Crippen LogP contribution in [0.4, 0.5) is 50.0 Å². The van der Waals surface area contributed by atoms with E-state index >= 15 is 0 Å². The van der Waals surface area contributed by atoms with E-state index in [1.54, 1.807) is 6.92 Å². The van der Waals surface area contributed by atoms with Crippen LogP contribution in [0.25, 0.3) is 0 Å². The summed E-state index contributed by atoms with van der Waals surface area (Å²) in [6.45, 7) is 2.71. The number of carbonyl (C=O) groups excluding carboxylic acids is 1. The zero-order valence-electron chi connectivity index (χ0n) is 27.8. The molecule has 0 radical (unpaired) electrons. The standard InChI is InChI=1S/C34H34F9N3O6/c1-4-31(44)15-25(24-14-20(32(35,36)37)5-6-26(24)46(31)29(50)52-17-30(2,3)28(48)49)27-19(12-23(16-45-27)51-8-7-47)9-18-10-21(33(38,39)40)13-22(11-18)34(41,42)43/h5-6,10-14,16,25,47H,4,7-9,15,17,44H2,1-3H3,(H,48,49)/t25-,31+/m0/s1. The van der Waals surface area contributed by atoms with Gasteiger partial charge in [0.05, 0.1) is 46.3 Å². The van der Waals surface area contributed by atoms with E-state index in [0.29, 0.717) is 18.2 Å². The molecule has 0 bridgehead atoms. The fourth-order valence-electron chi connectivity index (χ4n) is 5.74. The van der Waals surface area contributed by atoms with Gasteiger partial charge in [0.15, 0.2) is 0 Å². The van der Waals surface area contributed by atoms with Crippen LogP contribution in [0.5, 0.6) is 5.75 Å². The Bertz CT molecular complexity index is 1780. The average Bonchev–Trinajstić information content (AvgIpc) is 3.04. The summed E-state index contributed by atoms with van der Waals surface area (Å²) in [6, 6.07) is 4.57. The third-order valence-corrected chi connectivity index (χ3v) is 8.61. The Morgan fingerprint density at radius 1 is 0.942 bits per heavy atom. The number of carboxylic acid groups (broad SMARTS) is 1. The molecule has 3 aromatic rings. The highest BCUT2D eigenvalue weighted by Crippen LogP contribution is 2.49. The summed E-state index contributed by atoms with van der Waals surface area (Å²) in [5.74, 6) is -2.61. The molecule has 18 heteroatoms. The van der Waals surface area contributed by atoms with Crippen LogP contribution in [-0.2, 0) is 34.5 Å². The van der Waals surface area contributed by atoms with Gasteiger partial charge in [-0.25, -0.2) is 4.79 Å². The molecule has 1 aliphatic rings. The van der Waals surface area contributed by atoms with Crippen molar-refractivity contribution < 1.29 is 68.8 Å². The van der Waals surface area contributed by atoms with Gasteiger partial charge in [-0.3, -0.25) is 14.7 Å². The minimum atomic E-state index is -5.17. The molecule has 9 nitrogen and oxygen atoms in total. The summed E-state index contributed by atoms with van der Waals surface area (Å²) in [7, 11) is 0. The number of alkyl halides is 9. The van der Waals surface area contributed by atoms with Crippen molar-refractivity contribution in [1.82, 2.24) is 4.98 Å². The molecule has 0 saturated carbocycles. The molecule has 1 amide bonds. The van der Waals surface area contributed by atoms with E-state index in [1.165, 1.54) is 19.9 Å². The van der Waals surface area contributed by atoms with Crippen molar-refractivity contribution in [2.75, 3.05) is 24.7 Å². The van der Waals surface area contributed by atoms with Crippen LogP contribution in [0.2, 0.25) is 0 Å². The number of aliphatic hydroxyl groups excluding tert-OH is 1. The Morgan fingerprint density at radius 3 is 2.06 bits per heavy atom. The number of halogens is 9. The van der Waals surface area contributed by atoms with Crippen LogP contribution in [0, 0.1) is 5.41 Å². The van der Waals surface area contributed by atoms with Gasteiger partial charge in [-0.1, -0.05) is 6.92 Å². The minimum absolute atomic E-state index is 0.0469. The maximum absolute atomic E-state index is 14.1. The Labute approximate surface area is 291 Å². The smallest absolute Gasteiger partial charge is 0.416 e. The number of aromatic nitrogens is 1. The van der Waals surface area contributed by atoms with Crippen LogP contribution in [0.15, 0.2) is 48.7 Å². The first kappa shape index (κ1) is 40.2. The van der Waals surface area contributed by atoms with Gasteiger partial charge in [0, 0.05) is 5.92 Å². The van der Waals surface area contributed by atoms with Gasteiger partial charge >= 0.3 is 30.6 Å². The predicted octanol–water partition coefficient (Wildman–Crippen LogP) is 7.75. The lowest BCUT2D eigenvalue weighted by atomic mass is 9.77. The SMILES string of the molecule is CC[C@]1(N)C[C@H](c2ncc(OCCO)cc2Cc2cc(C(F)(F)F)cc(C(F)(F)F)c2)c2cc(C(F)(F)F)ccc2N1C(=O)OCC(C)(C)C(=O)O. The molecule has 52 heavy (non-hydrogen) atoms. The Kier molecular flexibility index (Phi) is 11.2. The number of amides is 1. The van der Waals surface area contributed by atoms with Crippen molar-refractivity contribution >= 4 is 17.7 Å². The molecule has 4 rings (SSSR count). The summed E-state index contributed by atoms with van der Waals surface area (Å²) in [5.41, 5.74) is -1.86. The van der Waals surface area contributed by atoms with E-state index in [1.807, 2.05) is 0 Å². The molecule has 1 aliphatic heterocycles. The second kappa shape index (κ2) is 14.4. The van der Waals surface area contributed by atoms with Crippen LogP contribution in [0.3, 0.4) is 0 Å². The number of rotatable bonds is 10. The number of nitrogens with two attached hydrogens (primary N) is 1. The van der Waals surface area contributed by atoms with Gasteiger partial charge in [0.25, 0.3) is 0 Å². The molecule has 0 unspecified atom stereocenters. The van der Waals surface area contributed by atoms with Crippen molar-refractivity contribution in [2.45, 2.75) is 70.1 Å². The number of aliphatic carboxylic acids is 1. The van der Waals surface area contributed by atoms with Crippen molar-refractivity contribution in [3.63, 3.8) is 0 Å². The maximum atomic E-state index is 14.1. The fraction of sp³-hybridized carbons (Fsp3) is 0.441. The molecule has 1 aromatic heterocycles. The van der Waals surface area contributed by atoms with Crippen LogP contribution >= 0.6 is 0 Å². The number of anilines is 1. The molecular weight excluding hydrogens is 717 g/mol. The lowest BCUT2D eigenvalue weighted by Gasteiger charge is -2.47. The minimum Gasteiger partial charge on any atom is -0.490 e. The lowest BCUT2D eigenvalue weighted by molar-refractivity contribution is -0.149. The molecule has 2 heterocycles. The first-order valence-electron chi connectivity index (χ1n) is 15.6. The number of carboxylic acids is 1. The van der Waals surface area contributed by atoms with Crippen LogP contribution in [0.1, 0.15) is 78.6 Å². The monoisotopic (exact) mass is 751 g/mol. The van der Waals surface area contributed by atoms with Crippen molar-refractivity contribution in [3.8, 4) is 5.75 Å². The third-order valence-electron chi connectivity index (χ3n) is 8.61. The molecule has 4 N–H and O–H groups in total. The zero-order valence-corrected chi connectivity index (χ0v) is 27.8. The molecular formula is C34H34F9N3O6. The van der Waals surface area contributed by atoms with E-state index in [2.05, 4.69) is 4.98 Å². The lowest BCUT2D eigenvalue weighted by Crippen LogP contribution is -2.62. The number of benzene rings is 2. The number of carbonyl (C=O) groups is 2. The van der Waals surface area contributed by atoms with Crippen LogP contribution < -0.4 is 15.4 Å². The average molecular weight is 752 g/mol. The molecule has 0 spiro atoms. The van der Waals surface area contributed by atoms with Gasteiger partial charge < -0.3 is 25.4 Å². The Balaban J connectivity index is 1.95. The maximum Gasteiger partial charge on any atom is 0.416 e. The van der Waals surface area contributed by atoms with E-state index in [-0.39, 0.29) is 53.8 Å². The fourth-order valence-corrected chi connectivity index (χ4v) is 5.74. The number of hydrogen-bond acceptors (Lipinski definition) is 7. The van der Waals surface area contributed by atoms with E-state index in [0.717, 1.165) is 23.2 Å². The van der Waals surface area contributed by atoms with Crippen LogP contribution in [-0.4, -0.2) is 52.7 Å². The molecule has 2 aromatic carbocycles. The van der Waals surface area contributed by atoms with Crippen molar-refractivity contribution in [1.29, 1.82) is 0 Å². The summed E-state index contributed by atoms with van der Waals surface area (Å²) in [6.07, 6.45) is -16.4. The largest absolute Gasteiger partial charge is 0.490 e. The zero-order chi connectivity index (χ0) is 39.0. The number of aliphatic hydroxyl groups is 1. The molecule has 0 saturated heterocycles. The molecule has 0 aliphatic carbocycles. The molecule has 284 valence electrons. The van der Waals surface area contributed by atoms with Crippen molar-refractivity contribution in [3.05, 3.63) is 87.7 Å². The summed E-state index contributed by atoms with van der Waals surface area (Å²) in [5, 5.41) is 18.7. The number of hydrogen-bond donors (Lipinski definition) is 3. The predicted molar refractivity (Wildman–Crippen MR) is 166 cm³/mol. The highest BCUT2D eigenvalue weighted by molar-refractivity contribution is 5.92. The summed E-state index contributed by atoms with van der Waals surface area (Å²) in [4.78, 5) is 30.5. The third kappa shape index (κ3) is 8.71. The van der Waals surface area contributed by atoms with E-state index < -0.39 is 89.5 Å². The summed E-state index contributed by atoms with van der Waals surface area (Å²) >= 11 is 0. The number of pyridine rings is 1. The van der Waals surface area contributed by atoms with Gasteiger partial charge in [0.1, 0.15) is 24.6 Å². The Hall–Kier alpha value is -4.58. The van der Waals surface area contributed by atoms with Crippen molar-refractivity contribution in [2.24, 2.45) is 11.1 Å².